The van der Waals surface area contributed by atoms with Crippen molar-refractivity contribution in [1.82, 2.24) is 5.32 Å². The van der Waals surface area contributed by atoms with Gasteiger partial charge in [0.1, 0.15) is 15.5 Å². The Balaban J connectivity index is 1.56. The number of hydrogen-bond acceptors (Lipinski definition) is 7. The number of aromatic hydroxyl groups is 1. The summed E-state index contributed by atoms with van der Waals surface area (Å²) in [4.78, 5) is 24.4. The lowest BCUT2D eigenvalue weighted by atomic mass is 9.78. The summed E-state index contributed by atoms with van der Waals surface area (Å²) >= 11 is 1.06. The molecule has 168 valence electrons. The van der Waals surface area contributed by atoms with Gasteiger partial charge in [-0.25, -0.2) is 13.2 Å². The monoisotopic (exact) mass is 466 g/mol. The summed E-state index contributed by atoms with van der Waals surface area (Å²) in [5, 5.41) is 14.7. The van der Waals surface area contributed by atoms with E-state index < -0.39 is 28.3 Å². The number of amides is 1. The number of hydrogen-bond donors (Lipinski definition) is 3. The van der Waals surface area contributed by atoms with E-state index in [-0.39, 0.29) is 27.4 Å². The van der Waals surface area contributed by atoms with Crippen molar-refractivity contribution in [1.29, 1.82) is 0 Å². The van der Waals surface area contributed by atoms with Crippen LogP contribution in [-0.2, 0) is 19.6 Å². The van der Waals surface area contributed by atoms with Gasteiger partial charge in [-0.15, -0.1) is 11.3 Å². The molecule has 10 heteroatoms. The molecule has 3 N–H and O–H groups in total. The van der Waals surface area contributed by atoms with E-state index in [0.29, 0.717) is 11.8 Å². The molecule has 1 amide bonds. The van der Waals surface area contributed by atoms with E-state index in [4.69, 9.17) is 4.74 Å². The molecular formula is C21H26N2O6S2. The number of benzene rings is 1. The van der Waals surface area contributed by atoms with Crippen LogP contribution in [0.2, 0.25) is 0 Å². The minimum absolute atomic E-state index is 0.0546. The van der Waals surface area contributed by atoms with Crippen LogP contribution in [0.5, 0.6) is 5.75 Å². The topological polar surface area (TPSA) is 122 Å². The number of sulfonamides is 1. The molecule has 2 aromatic rings. The van der Waals surface area contributed by atoms with Crippen molar-refractivity contribution in [2.45, 2.75) is 43.4 Å². The maximum atomic E-state index is 12.3. The molecule has 1 aromatic carbocycles. The highest BCUT2D eigenvalue weighted by Crippen LogP contribution is 2.29. The van der Waals surface area contributed by atoms with Crippen LogP contribution in [-0.4, -0.2) is 38.0 Å². The highest BCUT2D eigenvalue weighted by atomic mass is 32.2. The van der Waals surface area contributed by atoms with Gasteiger partial charge in [-0.2, -0.15) is 0 Å². The quantitative estimate of drug-likeness (QED) is 0.538. The molecule has 0 bridgehead atoms. The van der Waals surface area contributed by atoms with Gasteiger partial charge >= 0.3 is 5.97 Å². The second-order valence-electron chi connectivity index (χ2n) is 7.79. The van der Waals surface area contributed by atoms with Gasteiger partial charge in [-0.1, -0.05) is 32.8 Å². The smallest absolute Gasteiger partial charge is 0.342 e. The standard InChI is InChI=1S/C21H26N2O6S2/c1-13-5-3-6-17(14(13)2)22-19(25)12-29-21(26)16-9-8-15(11-18(16)24)23-31(27,28)20-7-4-10-30-20/h4,7-11,13-14,17,23-24H,3,5-6,12H2,1-2H3,(H,22,25). The maximum Gasteiger partial charge on any atom is 0.342 e. The Morgan fingerprint density at radius 3 is 2.68 bits per heavy atom. The van der Waals surface area contributed by atoms with Crippen LogP contribution in [0.4, 0.5) is 5.69 Å². The third kappa shape index (κ3) is 5.76. The Labute approximate surface area is 185 Å². The maximum absolute atomic E-state index is 12.3. The van der Waals surface area contributed by atoms with E-state index in [0.717, 1.165) is 36.7 Å². The second kappa shape index (κ2) is 9.69. The zero-order valence-corrected chi connectivity index (χ0v) is 19.0. The zero-order chi connectivity index (χ0) is 22.6. The van der Waals surface area contributed by atoms with Gasteiger partial charge in [0.05, 0.1) is 5.69 Å². The lowest BCUT2D eigenvalue weighted by molar-refractivity contribution is -0.125. The number of nitrogens with one attached hydrogen (secondary N) is 2. The summed E-state index contributed by atoms with van der Waals surface area (Å²) in [6, 6.07) is 6.82. The van der Waals surface area contributed by atoms with Crippen LogP contribution in [0, 0.1) is 11.8 Å². The average Bonchev–Trinajstić information content (AvgIpc) is 3.25. The summed E-state index contributed by atoms with van der Waals surface area (Å²) in [6.45, 7) is 3.81. The van der Waals surface area contributed by atoms with E-state index >= 15 is 0 Å². The zero-order valence-electron chi connectivity index (χ0n) is 17.3. The lowest BCUT2D eigenvalue weighted by Gasteiger charge is -2.34. The van der Waals surface area contributed by atoms with E-state index in [1.165, 1.54) is 18.2 Å². The molecule has 0 saturated heterocycles. The molecule has 0 radical (unpaired) electrons. The number of ether oxygens (including phenoxy) is 1. The van der Waals surface area contributed by atoms with Crippen LogP contribution >= 0.6 is 11.3 Å². The first-order chi connectivity index (χ1) is 14.7. The molecule has 3 atom stereocenters. The van der Waals surface area contributed by atoms with Crippen molar-refractivity contribution in [3.63, 3.8) is 0 Å². The van der Waals surface area contributed by atoms with Crippen molar-refractivity contribution in [3.8, 4) is 5.75 Å². The van der Waals surface area contributed by atoms with Crippen molar-refractivity contribution in [2.24, 2.45) is 11.8 Å². The van der Waals surface area contributed by atoms with Crippen LogP contribution in [0.15, 0.2) is 39.9 Å². The first-order valence-electron chi connectivity index (χ1n) is 10.0. The van der Waals surface area contributed by atoms with E-state index in [1.54, 1.807) is 11.4 Å². The molecule has 1 saturated carbocycles. The molecule has 1 aliphatic carbocycles. The summed E-state index contributed by atoms with van der Waals surface area (Å²) < 4.78 is 32.0. The fourth-order valence-corrected chi connectivity index (χ4v) is 5.67. The summed E-state index contributed by atoms with van der Waals surface area (Å²) in [5.74, 6) is -0.840. The normalized spacial score (nSPS) is 21.3. The van der Waals surface area contributed by atoms with Crippen LogP contribution in [0.1, 0.15) is 43.5 Å². The predicted octanol–water partition coefficient (Wildman–Crippen LogP) is 3.35. The SMILES string of the molecule is CC1CCCC(NC(=O)COC(=O)c2ccc(NS(=O)(=O)c3cccs3)cc2O)C1C. The molecule has 1 aliphatic rings. The van der Waals surface area contributed by atoms with Crippen LogP contribution < -0.4 is 10.0 Å². The minimum atomic E-state index is -3.78. The fraction of sp³-hybridized carbons (Fsp3) is 0.429. The van der Waals surface area contributed by atoms with Crippen molar-refractivity contribution < 1.29 is 27.9 Å². The first-order valence-corrected chi connectivity index (χ1v) is 12.4. The third-order valence-corrected chi connectivity index (χ3v) is 8.40. The van der Waals surface area contributed by atoms with Crippen molar-refractivity contribution in [3.05, 3.63) is 41.3 Å². The predicted molar refractivity (Wildman–Crippen MR) is 118 cm³/mol. The Hall–Kier alpha value is -2.59. The molecular weight excluding hydrogens is 440 g/mol. The largest absolute Gasteiger partial charge is 0.507 e. The first kappa shape index (κ1) is 23.1. The Morgan fingerprint density at radius 1 is 1.23 bits per heavy atom. The lowest BCUT2D eigenvalue weighted by Crippen LogP contribution is -2.45. The molecule has 0 spiro atoms. The summed E-state index contributed by atoms with van der Waals surface area (Å²) in [6.07, 6.45) is 3.09. The molecule has 1 aromatic heterocycles. The number of phenolic OH excluding ortho intramolecular Hbond substituents is 1. The van der Waals surface area contributed by atoms with Gasteiger partial charge < -0.3 is 15.2 Å². The molecule has 1 fully saturated rings. The number of thiophene rings is 1. The van der Waals surface area contributed by atoms with Gasteiger partial charge in [0.15, 0.2) is 6.61 Å². The Morgan fingerprint density at radius 2 is 2.00 bits per heavy atom. The van der Waals surface area contributed by atoms with Crippen LogP contribution in [0.3, 0.4) is 0 Å². The number of anilines is 1. The van der Waals surface area contributed by atoms with Gasteiger partial charge in [-0.05, 0) is 41.8 Å². The molecule has 8 nitrogen and oxygen atoms in total. The number of phenols is 1. The summed E-state index contributed by atoms with van der Waals surface area (Å²) in [5.41, 5.74) is -0.0628. The van der Waals surface area contributed by atoms with Gasteiger partial charge in [-0.3, -0.25) is 9.52 Å². The summed E-state index contributed by atoms with van der Waals surface area (Å²) in [7, 11) is -3.78. The number of carbonyl (C=O) groups excluding carboxylic acids is 2. The molecule has 1 heterocycles. The van der Waals surface area contributed by atoms with Gasteiger partial charge in [0.2, 0.25) is 0 Å². The minimum Gasteiger partial charge on any atom is -0.507 e. The van der Waals surface area contributed by atoms with E-state index in [9.17, 15) is 23.1 Å². The van der Waals surface area contributed by atoms with Gasteiger partial charge in [0.25, 0.3) is 15.9 Å². The number of carbonyl (C=O) groups is 2. The van der Waals surface area contributed by atoms with Crippen molar-refractivity contribution in [2.75, 3.05) is 11.3 Å². The average molecular weight is 467 g/mol. The Kier molecular flexibility index (Phi) is 7.22. The van der Waals surface area contributed by atoms with Gasteiger partial charge in [0, 0.05) is 12.1 Å². The van der Waals surface area contributed by atoms with E-state index in [2.05, 4.69) is 23.9 Å². The fourth-order valence-electron chi connectivity index (χ4n) is 3.63. The number of rotatable bonds is 7. The second-order valence-corrected chi connectivity index (χ2v) is 10.6. The molecule has 31 heavy (non-hydrogen) atoms. The molecule has 3 unspecified atom stereocenters. The molecule has 3 rings (SSSR count). The van der Waals surface area contributed by atoms with E-state index in [1.807, 2.05) is 0 Å². The number of esters is 1. The molecule has 0 aliphatic heterocycles. The van der Waals surface area contributed by atoms with Crippen LogP contribution in [0.25, 0.3) is 0 Å². The third-order valence-electron chi connectivity index (χ3n) is 5.62. The van der Waals surface area contributed by atoms with Crippen molar-refractivity contribution >= 4 is 38.9 Å². The highest BCUT2D eigenvalue weighted by molar-refractivity contribution is 7.94. The Bertz CT molecular complexity index is 1040. The highest BCUT2D eigenvalue weighted by Gasteiger charge is 2.28.